The standard InChI is InChI=1S/C15H24N4O2/c1-4-6-17-14-9-11(8-12(19-14)10(2)3)15(21)18-7-5-13(16)20/h8-10H,4-7H2,1-3H3,(H2,16,20)(H,17,19)(H,18,21). The van der Waals surface area contributed by atoms with E-state index in [-0.39, 0.29) is 24.8 Å². The number of carbonyl (C=O) groups excluding carboxylic acids is 2. The monoisotopic (exact) mass is 292 g/mol. The molecule has 21 heavy (non-hydrogen) atoms. The van der Waals surface area contributed by atoms with E-state index in [1.165, 1.54) is 0 Å². The summed E-state index contributed by atoms with van der Waals surface area (Å²) in [6, 6.07) is 3.50. The van der Waals surface area contributed by atoms with Gasteiger partial charge in [0.1, 0.15) is 5.82 Å². The molecule has 0 atom stereocenters. The number of amides is 2. The van der Waals surface area contributed by atoms with E-state index < -0.39 is 5.91 Å². The second-order valence-electron chi connectivity index (χ2n) is 5.22. The molecule has 0 saturated heterocycles. The highest BCUT2D eigenvalue weighted by atomic mass is 16.2. The van der Waals surface area contributed by atoms with Gasteiger partial charge in [-0.25, -0.2) is 4.98 Å². The zero-order valence-corrected chi connectivity index (χ0v) is 12.9. The molecule has 0 unspecified atom stereocenters. The first-order valence-electron chi connectivity index (χ1n) is 7.26. The Labute approximate surface area is 125 Å². The van der Waals surface area contributed by atoms with Crippen LogP contribution in [0.1, 0.15) is 55.6 Å². The Morgan fingerprint density at radius 3 is 2.57 bits per heavy atom. The van der Waals surface area contributed by atoms with Crippen molar-refractivity contribution in [3.8, 4) is 0 Å². The number of rotatable bonds is 8. The van der Waals surface area contributed by atoms with Gasteiger partial charge in [-0.05, 0) is 24.5 Å². The topological polar surface area (TPSA) is 97.1 Å². The van der Waals surface area contributed by atoms with E-state index >= 15 is 0 Å². The van der Waals surface area contributed by atoms with Crippen LogP contribution in [0.5, 0.6) is 0 Å². The van der Waals surface area contributed by atoms with Crippen LogP contribution in [-0.4, -0.2) is 29.9 Å². The third kappa shape index (κ3) is 5.81. The minimum Gasteiger partial charge on any atom is -0.370 e. The molecule has 2 amide bonds. The fourth-order valence-corrected chi connectivity index (χ4v) is 1.72. The van der Waals surface area contributed by atoms with E-state index in [0.29, 0.717) is 11.4 Å². The molecule has 4 N–H and O–H groups in total. The van der Waals surface area contributed by atoms with Crippen molar-refractivity contribution in [2.75, 3.05) is 18.4 Å². The molecule has 1 rings (SSSR count). The maximum atomic E-state index is 12.1. The summed E-state index contributed by atoms with van der Waals surface area (Å²) in [4.78, 5) is 27.3. The normalized spacial score (nSPS) is 10.5. The zero-order chi connectivity index (χ0) is 15.8. The minimum absolute atomic E-state index is 0.134. The van der Waals surface area contributed by atoms with E-state index in [9.17, 15) is 9.59 Å². The van der Waals surface area contributed by atoms with E-state index in [0.717, 1.165) is 18.7 Å². The molecule has 1 aromatic heterocycles. The van der Waals surface area contributed by atoms with Gasteiger partial charge in [0.15, 0.2) is 0 Å². The van der Waals surface area contributed by atoms with Crippen molar-refractivity contribution in [2.45, 2.75) is 39.5 Å². The first kappa shape index (κ1) is 16.9. The summed E-state index contributed by atoms with van der Waals surface area (Å²) in [6.45, 7) is 7.17. The molecule has 0 aliphatic heterocycles. The van der Waals surface area contributed by atoms with Crippen molar-refractivity contribution in [1.82, 2.24) is 10.3 Å². The van der Waals surface area contributed by atoms with Gasteiger partial charge >= 0.3 is 0 Å². The average molecular weight is 292 g/mol. The molecule has 0 saturated carbocycles. The maximum Gasteiger partial charge on any atom is 0.251 e. The Morgan fingerprint density at radius 1 is 1.29 bits per heavy atom. The summed E-state index contributed by atoms with van der Waals surface area (Å²) in [7, 11) is 0. The number of pyridine rings is 1. The average Bonchev–Trinajstić information content (AvgIpc) is 2.44. The SMILES string of the molecule is CCCNc1cc(C(=O)NCCC(N)=O)cc(C(C)C)n1. The second kappa shape index (κ2) is 8.24. The molecule has 1 aromatic rings. The predicted octanol–water partition coefficient (Wildman–Crippen LogP) is 1.63. The largest absolute Gasteiger partial charge is 0.370 e. The Morgan fingerprint density at radius 2 is 2.00 bits per heavy atom. The molecule has 116 valence electrons. The molecule has 0 spiro atoms. The molecule has 0 aliphatic carbocycles. The van der Waals surface area contributed by atoms with Crippen LogP contribution in [0.2, 0.25) is 0 Å². The summed E-state index contributed by atoms with van der Waals surface area (Å²) in [6.07, 6.45) is 1.11. The van der Waals surface area contributed by atoms with Gasteiger partial charge in [-0.2, -0.15) is 0 Å². The van der Waals surface area contributed by atoms with Crippen molar-refractivity contribution in [3.63, 3.8) is 0 Å². The summed E-state index contributed by atoms with van der Waals surface area (Å²) < 4.78 is 0. The lowest BCUT2D eigenvalue weighted by Gasteiger charge is -2.12. The highest BCUT2D eigenvalue weighted by molar-refractivity contribution is 5.95. The van der Waals surface area contributed by atoms with Crippen LogP contribution in [0.3, 0.4) is 0 Å². The smallest absolute Gasteiger partial charge is 0.251 e. The number of carbonyl (C=O) groups is 2. The molecular weight excluding hydrogens is 268 g/mol. The molecule has 0 aliphatic rings. The number of nitrogens with zero attached hydrogens (tertiary/aromatic N) is 1. The molecule has 6 nitrogen and oxygen atoms in total. The van der Waals surface area contributed by atoms with E-state index in [2.05, 4.69) is 22.5 Å². The molecule has 0 fully saturated rings. The van der Waals surface area contributed by atoms with E-state index in [4.69, 9.17) is 5.73 Å². The quantitative estimate of drug-likeness (QED) is 0.678. The van der Waals surface area contributed by atoms with Crippen LogP contribution in [0.4, 0.5) is 5.82 Å². The molecule has 0 aromatic carbocycles. The molecular formula is C15H24N4O2. The summed E-state index contributed by atoms with van der Waals surface area (Å²) in [5.74, 6) is 0.270. The number of nitrogens with two attached hydrogens (primary N) is 1. The highest BCUT2D eigenvalue weighted by Crippen LogP contribution is 2.17. The van der Waals surface area contributed by atoms with Gasteiger partial charge in [0, 0.05) is 30.8 Å². The Kier molecular flexibility index (Phi) is 6.65. The Hall–Kier alpha value is -2.11. The number of nitrogens with one attached hydrogen (secondary N) is 2. The third-order valence-electron chi connectivity index (χ3n) is 2.91. The molecule has 1 heterocycles. The Bertz CT molecular complexity index is 500. The lowest BCUT2D eigenvalue weighted by molar-refractivity contribution is -0.117. The van der Waals surface area contributed by atoms with Crippen LogP contribution in [0.25, 0.3) is 0 Å². The number of primary amides is 1. The first-order chi connectivity index (χ1) is 9.93. The number of anilines is 1. The van der Waals surface area contributed by atoms with Gasteiger partial charge in [-0.15, -0.1) is 0 Å². The maximum absolute atomic E-state index is 12.1. The van der Waals surface area contributed by atoms with E-state index in [1.54, 1.807) is 12.1 Å². The predicted molar refractivity (Wildman–Crippen MR) is 83.3 cm³/mol. The fourth-order valence-electron chi connectivity index (χ4n) is 1.72. The lowest BCUT2D eigenvalue weighted by Crippen LogP contribution is -2.28. The highest BCUT2D eigenvalue weighted by Gasteiger charge is 2.11. The zero-order valence-electron chi connectivity index (χ0n) is 12.9. The van der Waals surface area contributed by atoms with Crippen molar-refractivity contribution >= 4 is 17.6 Å². The number of hydrogen-bond donors (Lipinski definition) is 3. The lowest BCUT2D eigenvalue weighted by atomic mass is 10.1. The van der Waals surface area contributed by atoms with Gasteiger partial charge < -0.3 is 16.4 Å². The van der Waals surface area contributed by atoms with Gasteiger partial charge in [0.25, 0.3) is 5.91 Å². The number of aromatic nitrogens is 1. The van der Waals surface area contributed by atoms with Crippen LogP contribution < -0.4 is 16.4 Å². The van der Waals surface area contributed by atoms with Crippen LogP contribution in [-0.2, 0) is 4.79 Å². The minimum atomic E-state index is -0.432. The fraction of sp³-hybridized carbons (Fsp3) is 0.533. The third-order valence-corrected chi connectivity index (χ3v) is 2.91. The van der Waals surface area contributed by atoms with E-state index in [1.807, 2.05) is 13.8 Å². The summed E-state index contributed by atoms with van der Waals surface area (Å²) in [5.41, 5.74) is 6.45. The summed E-state index contributed by atoms with van der Waals surface area (Å²) >= 11 is 0. The first-order valence-corrected chi connectivity index (χ1v) is 7.26. The van der Waals surface area contributed by atoms with Crippen molar-refractivity contribution in [2.24, 2.45) is 5.73 Å². The molecule has 6 heteroatoms. The number of hydrogen-bond acceptors (Lipinski definition) is 4. The second-order valence-corrected chi connectivity index (χ2v) is 5.22. The van der Waals surface area contributed by atoms with Crippen LogP contribution in [0.15, 0.2) is 12.1 Å². The van der Waals surface area contributed by atoms with Crippen LogP contribution >= 0.6 is 0 Å². The van der Waals surface area contributed by atoms with Gasteiger partial charge in [0.05, 0.1) is 0 Å². The van der Waals surface area contributed by atoms with Crippen LogP contribution in [0, 0.1) is 0 Å². The molecule has 0 radical (unpaired) electrons. The molecule has 0 bridgehead atoms. The van der Waals surface area contributed by atoms with Gasteiger partial charge in [-0.1, -0.05) is 20.8 Å². The Balaban J connectivity index is 2.85. The summed E-state index contributed by atoms with van der Waals surface area (Å²) in [5, 5.41) is 5.88. The van der Waals surface area contributed by atoms with Gasteiger partial charge in [-0.3, -0.25) is 9.59 Å². The van der Waals surface area contributed by atoms with Crippen molar-refractivity contribution in [1.29, 1.82) is 0 Å². The van der Waals surface area contributed by atoms with Gasteiger partial charge in [0.2, 0.25) is 5.91 Å². The van der Waals surface area contributed by atoms with Crippen molar-refractivity contribution in [3.05, 3.63) is 23.4 Å². The van der Waals surface area contributed by atoms with Crippen molar-refractivity contribution < 1.29 is 9.59 Å².